The Morgan fingerprint density at radius 3 is 2.27 bits per heavy atom. The Balaban J connectivity index is 2.24. The first-order valence-corrected chi connectivity index (χ1v) is 5.94. The van der Waals surface area contributed by atoms with Crippen molar-refractivity contribution in [2.24, 2.45) is 0 Å². The molecule has 1 aromatic carbocycles. The average Bonchev–Trinajstić information content (AvgIpc) is 2.32. The fourth-order valence-corrected chi connectivity index (χ4v) is 1.79. The van der Waals surface area contributed by atoms with Crippen LogP contribution < -0.4 is 0 Å². The molecule has 0 N–H and O–H groups in total. The minimum atomic E-state index is 0.786. The summed E-state index contributed by atoms with van der Waals surface area (Å²) in [5, 5.41) is 0.945. The van der Waals surface area contributed by atoms with Crippen LogP contribution in [-0.4, -0.2) is 15.3 Å². The number of halogens is 1. The van der Waals surface area contributed by atoms with Crippen molar-refractivity contribution in [1.82, 2.24) is 9.97 Å². The lowest BCUT2D eigenvalue weighted by molar-refractivity contribution is 1.06. The molecule has 0 fully saturated rings. The summed E-state index contributed by atoms with van der Waals surface area (Å²) in [6.07, 6.45) is 4.74. The lowest BCUT2D eigenvalue weighted by Crippen LogP contribution is -1.92. The maximum atomic E-state index is 4.34. The van der Waals surface area contributed by atoms with E-state index in [1.807, 2.05) is 42.7 Å². The first-order valence-electron chi connectivity index (χ1n) is 4.82. The molecule has 3 heteroatoms. The summed E-state index contributed by atoms with van der Waals surface area (Å²) in [7, 11) is 0. The van der Waals surface area contributed by atoms with Gasteiger partial charge in [-0.2, -0.15) is 0 Å². The summed E-state index contributed by atoms with van der Waals surface area (Å²) < 4.78 is 0. The third-order valence-corrected chi connectivity index (χ3v) is 2.52. The fourth-order valence-electron chi connectivity index (χ4n) is 1.33. The molecule has 0 aliphatic rings. The Hall–Kier alpha value is -1.22. The molecule has 0 unspecified atom stereocenters. The molecule has 76 valence electrons. The van der Waals surface area contributed by atoms with E-state index in [-0.39, 0.29) is 0 Å². The van der Waals surface area contributed by atoms with Gasteiger partial charge in [-0.1, -0.05) is 46.3 Å². The van der Waals surface area contributed by atoms with Gasteiger partial charge in [-0.3, -0.25) is 0 Å². The van der Waals surface area contributed by atoms with E-state index in [0.29, 0.717) is 0 Å². The molecule has 1 heterocycles. The summed E-state index contributed by atoms with van der Waals surface area (Å²) in [4.78, 5) is 8.67. The molecule has 1 aromatic heterocycles. The largest absolute Gasteiger partial charge is 0.236 e. The van der Waals surface area contributed by atoms with Crippen LogP contribution in [0.5, 0.6) is 0 Å². The second-order valence-electron chi connectivity index (χ2n) is 3.22. The maximum absolute atomic E-state index is 4.34. The van der Waals surface area contributed by atoms with Crippen molar-refractivity contribution >= 4 is 15.9 Å². The summed E-state index contributed by atoms with van der Waals surface area (Å²) in [5.41, 5.74) is 2.22. The summed E-state index contributed by atoms with van der Waals surface area (Å²) in [6.45, 7) is 0. The summed E-state index contributed by atoms with van der Waals surface area (Å²) in [5.74, 6) is 0.786. The lowest BCUT2D eigenvalue weighted by atomic mass is 10.2. The van der Waals surface area contributed by atoms with Gasteiger partial charge >= 0.3 is 0 Å². The van der Waals surface area contributed by atoms with Crippen LogP contribution in [0.2, 0.25) is 0 Å². The van der Waals surface area contributed by atoms with Crippen molar-refractivity contribution in [3.63, 3.8) is 0 Å². The van der Waals surface area contributed by atoms with Gasteiger partial charge in [-0.25, -0.2) is 9.97 Å². The van der Waals surface area contributed by atoms with Gasteiger partial charge in [-0.05, 0) is 12.0 Å². The van der Waals surface area contributed by atoms with E-state index in [0.717, 1.165) is 28.7 Å². The van der Waals surface area contributed by atoms with E-state index in [1.165, 1.54) is 0 Å². The molecule has 2 aromatic rings. The molecule has 0 atom stereocenters. The highest BCUT2D eigenvalue weighted by atomic mass is 79.9. The van der Waals surface area contributed by atoms with Gasteiger partial charge in [0.25, 0.3) is 0 Å². The highest BCUT2D eigenvalue weighted by molar-refractivity contribution is 9.09. The van der Waals surface area contributed by atoms with Gasteiger partial charge in [0, 0.05) is 23.3 Å². The Kier molecular flexibility index (Phi) is 3.45. The third-order valence-electron chi connectivity index (χ3n) is 2.12. The molecular formula is C12H11BrN2. The zero-order chi connectivity index (χ0) is 10.5. The number of alkyl halides is 1. The minimum absolute atomic E-state index is 0.786. The van der Waals surface area contributed by atoms with E-state index in [1.54, 1.807) is 0 Å². The van der Waals surface area contributed by atoms with Crippen LogP contribution in [0.1, 0.15) is 5.56 Å². The SMILES string of the molecule is BrCCc1cnc(-c2ccccc2)nc1. The smallest absolute Gasteiger partial charge is 0.159 e. The number of benzene rings is 1. The maximum Gasteiger partial charge on any atom is 0.159 e. The van der Waals surface area contributed by atoms with Gasteiger partial charge in [0.15, 0.2) is 5.82 Å². The lowest BCUT2D eigenvalue weighted by Gasteiger charge is -2.00. The molecule has 0 aliphatic carbocycles. The number of hydrogen-bond donors (Lipinski definition) is 0. The van der Waals surface area contributed by atoms with E-state index in [9.17, 15) is 0 Å². The normalized spacial score (nSPS) is 10.2. The molecule has 0 amide bonds. The Labute approximate surface area is 97.5 Å². The fraction of sp³-hybridized carbons (Fsp3) is 0.167. The Bertz CT molecular complexity index is 411. The molecular weight excluding hydrogens is 252 g/mol. The number of aryl methyl sites for hydroxylation is 1. The molecule has 0 bridgehead atoms. The zero-order valence-corrected chi connectivity index (χ0v) is 9.81. The second kappa shape index (κ2) is 5.03. The van der Waals surface area contributed by atoms with E-state index in [4.69, 9.17) is 0 Å². The van der Waals surface area contributed by atoms with Crippen LogP contribution in [0.3, 0.4) is 0 Å². The number of rotatable bonds is 3. The molecule has 0 aliphatic heterocycles. The summed E-state index contributed by atoms with van der Waals surface area (Å²) in [6, 6.07) is 10.00. The minimum Gasteiger partial charge on any atom is -0.236 e. The van der Waals surface area contributed by atoms with Crippen LogP contribution in [0.25, 0.3) is 11.4 Å². The molecule has 0 spiro atoms. The molecule has 2 rings (SSSR count). The van der Waals surface area contributed by atoms with Gasteiger partial charge < -0.3 is 0 Å². The van der Waals surface area contributed by atoms with Crippen LogP contribution >= 0.6 is 15.9 Å². The topological polar surface area (TPSA) is 25.8 Å². The summed E-state index contributed by atoms with van der Waals surface area (Å²) >= 11 is 3.39. The van der Waals surface area contributed by atoms with Crippen molar-refractivity contribution in [1.29, 1.82) is 0 Å². The van der Waals surface area contributed by atoms with Crippen LogP contribution in [-0.2, 0) is 6.42 Å². The van der Waals surface area contributed by atoms with Crippen molar-refractivity contribution in [2.45, 2.75) is 6.42 Å². The predicted octanol–water partition coefficient (Wildman–Crippen LogP) is 3.08. The predicted molar refractivity (Wildman–Crippen MR) is 65.0 cm³/mol. The number of nitrogens with zero attached hydrogens (tertiary/aromatic N) is 2. The first-order chi connectivity index (χ1) is 7.40. The molecule has 2 nitrogen and oxygen atoms in total. The molecule has 0 saturated carbocycles. The Morgan fingerprint density at radius 1 is 1.00 bits per heavy atom. The van der Waals surface area contributed by atoms with Crippen LogP contribution in [0.4, 0.5) is 0 Å². The number of hydrogen-bond acceptors (Lipinski definition) is 2. The highest BCUT2D eigenvalue weighted by Crippen LogP contribution is 2.13. The van der Waals surface area contributed by atoms with Crippen molar-refractivity contribution < 1.29 is 0 Å². The van der Waals surface area contributed by atoms with Crippen LogP contribution in [0, 0.1) is 0 Å². The average molecular weight is 263 g/mol. The first kappa shape index (κ1) is 10.3. The third kappa shape index (κ3) is 2.63. The van der Waals surface area contributed by atoms with Crippen molar-refractivity contribution in [2.75, 3.05) is 5.33 Å². The van der Waals surface area contributed by atoms with E-state index < -0.39 is 0 Å². The molecule has 0 saturated heterocycles. The standard InChI is InChI=1S/C12H11BrN2/c13-7-6-10-8-14-12(15-9-10)11-4-2-1-3-5-11/h1-5,8-9H,6-7H2. The quantitative estimate of drug-likeness (QED) is 0.795. The Morgan fingerprint density at radius 2 is 1.67 bits per heavy atom. The highest BCUT2D eigenvalue weighted by Gasteiger charge is 1.99. The van der Waals surface area contributed by atoms with E-state index in [2.05, 4.69) is 25.9 Å². The van der Waals surface area contributed by atoms with Crippen LogP contribution in [0.15, 0.2) is 42.7 Å². The molecule has 15 heavy (non-hydrogen) atoms. The molecule has 0 radical (unpaired) electrons. The van der Waals surface area contributed by atoms with Crippen molar-refractivity contribution in [3.8, 4) is 11.4 Å². The zero-order valence-electron chi connectivity index (χ0n) is 8.23. The number of aromatic nitrogens is 2. The monoisotopic (exact) mass is 262 g/mol. The van der Waals surface area contributed by atoms with Gasteiger partial charge in [0.2, 0.25) is 0 Å². The van der Waals surface area contributed by atoms with E-state index >= 15 is 0 Å². The van der Waals surface area contributed by atoms with Gasteiger partial charge in [0.05, 0.1) is 0 Å². The second-order valence-corrected chi connectivity index (χ2v) is 4.01. The van der Waals surface area contributed by atoms with Crippen molar-refractivity contribution in [3.05, 3.63) is 48.3 Å². The van der Waals surface area contributed by atoms with Gasteiger partial charge in [-0.15, -0.1) is 0 Å². The van der Waals surface area contributed by atoms with Gasteiger partial charge in [0.1, 0.15) is 0 Å².